The van der Waals surface area contributed by atoms with Crippen molar-refractivity contribution in [2.24, 2.45) is 0 Å². The Morgan fingerprint density at radius 2 is 0.897 bits per heavy atom. The first-order valence-corrected chi connectivity index (χ1v) is 10.7. The molecule has 0 N–H and O–H groups in total. The van der Waals surface area contributed by atoms with Crippen LogP contribution < -0.4 is 0 Å². The predicted octanol–water partition coefficient (Wildman–Crippen LogP) is 6.59. The zero-order valence-electron chi connectivity index (χ0n) is 16.1. The summed E-state index contributed by atoms with van der Waals surface area (Å²) < 4.78 is -0.464. The van der Waals surface area contributed by atoms with Crippen molar-refractivity contribution in [3.05, 3.63) is 144 Å². The summed E-state index contributed by atoms with van der Waals surface area (Å²) in [5.41, 5.74) is 4.26. The van der Waals surface area contributed by atoms with E-state index in [4.69, 9.17) is 0 Å². The van der Waals surface area contributed by atoms with Gasteiger partial charge in [-0.25, -0.2) is 0 Å². The Morgan fingerprint density at radius 3 is 1.28 bits per heavy atom. The molecule has 0 heterocycles. The number of hydrogen-bond acceptors (Lipinski definition) is 2. The highest BCUT2D eigenvalue weighted by atomic mass is 32.2. The van der Waals surface area contributed by atoms with E-state index in [1.54, 1.807) is 11.8 Å². The van der Waals surface area contributed by atoms with E-state index in [0.29, 0.717) is 5.75 Å². The van der Waals surface area contributed by atoms with Gasteiger partial charge in [-0.1, -0.05) is 121 Å². The van der Waals surface area contributed by atoms with Gasteiger partial charge in [-0.15, -0.1) is 11.8 Å². The number of ketones is 1. The lowest BCUT2D eigenvalue weighted by Gasteiger charge is -2.35. The molecule has 0 spiro atoms. The highest BCUT2D eigenvalue weighted by molar-refractivity contribution is 8.01. The first-order valence-electron chi connectivity index (χ1n) is 9.69. The maximum atomic E-state index is 13.0. The van der Waals surface area contributed by atoms with Crippen LogP contribution in [0.3, 0.4) is 0 Å². The van der Waals surface area contributed by atoms with Gasteiger partial charge >= 0.3 is 0 Å². The van der Waals surface area contributed by atoms with E-state index in [-0.39, 0.29) is 5.78 Å². The van der Waals surface area contributed by atoms with Gasteiger partial charge in [0.15, 0.2) is 5.78 Å². The molecule has 0 unspecified atom stereocenters. The Kier molecular flexibility index (Phi) is 5.92. The number of carbonyl (C=O) groups excluding carboxylic acids is 1. The van der Waals surface area contributed by atoms with Crippen LogP contribution in [0.4, 0.5) is 0 Å². The highest BCUT2D eigenvalue weighted by Crippen LogP contribution is 2.48. The molecule has 0 aliphatic carbocycles. The first kappa shape index (κ1) is 19.2. The summed E-state index contributed by atoms with van der Waals surface area (Å²) in [6, 6.07) is 40.9. The molecule has 0 aliphatic rings. The summed E-state index contributed by atoms with van der Waals surface area (Å²) in [5, 5.41) is 0. The zero-order valence-corrected chi connectivity index (χ0v) is 16.9. The quantitative estimate of drug-likeness (QED) is 0.260. The number of carbonyl (C=O) groups is 1. The number of benzene rings is 4. The molecule has 4 aromatic rings. The minimum absolute atomic E-state index is 0.141. The minimum Gasteiger partial charge on any atom is -0.293 e. The van der Waals surface area contributed by atoms with Gasteiger partial charge in [0.2, 0.25) is 0 Å². The van der Waals surface area contributed by atoms with Gasteiger partial charge in [0.25, 0.3) is 0 Å². The maximum Gasteiger partial charge on any atom is 0.172 e. The Balaban J connectivity index is 1.83. The molecule has 0 amide bonds. The summed E-state index contributed by atoms with van der Waals surface area (Å²) in [7, 11) is 0. The van der Waals surface area contributed by atoms with E-state index >= 15 is 0 Å². The largest absolute Gasteiger partial charge is 0.293 e. The third-order valence-electron chi connectivity index (χ3n) is 5.06. The summed E-state index contributed by atoms with van der Waals surface area (Å²) >= 11 is 1.68. The molecule has 0 bridgehead atoms. The van der Waals surface area contributed by atoms with E-state index in [9.17, 15) is 4.79 Å². The van der Waals surface area contributed by atoms with Gasteiger partial charge in [-0.05, 0) is 16.7 Å². The van der Waals surface area contributed by atoms with Crippen molar-refractivity contribution in [1.82, 2.24) is 0 Å². The minimum atomic E-state index is -0.464. The normalized spacial score (nSPS) is 11.2. The second kappa shape index (κ2) is 8.93. The van der Waals surface area contributed by atoms with E-state index in [2.05, 4.69) is 72.8 Å². The second-order valence-electron chi connectivity index (χ2n) is 6.86. The fraction of sp³-hybridized carbons (Fsp3) is 0.0741. The van der Waals surface area contributed by atoms with Crippen molar-refractivity contribution < 1.29 is 4.79 Å². The van der Waals surface area contributed by atoms with E-state index in [1.165, 1.54) is 16.7 Å². The number of Topliss-reactive ketones (excluding diaryl/α,β-unsaturated/α-hetero) is 1. The predicted molar refractivity (Wildman–Crippen MR) is 122 cm³/mol. The average Bonchev–Trinajstić information content (AvgIpc) is 2.82. The molecule has 0 saturated carbocycles. The molecule has 1 nitrogen and oxygen atoms in total. The Morgan fingerprint density at radius 1 is 0.552 bits per heavy atom. The molecule has 4 aromatic carbocycles. The number of hydrogen-bond donors (Lipinski definition) is 0. The lowest BCUT2D eigenvalue weighted by molar-refractivity contribution is 0.102. The standard InChI is InChI=1S/C27H22OS/c28-26(22-13-5-1-6-14-22)21-29-27(23-15-7-2-8-16-23,24-17-9-3-10-18-24)25-19-11-4-12-20-25/h1-20H,21H2. The van der Waals surface area contributed by atoms with E-state index < -0.39 is 4.75 Å². The number of thioether (sulfide) groups is 1. The molecule has 0 fully saturated rings. The summed E-state index contributed by atoms with van der Waals surface area (Å²) in [5.74, 6) is 0.533. The van der Waals surface area contributed by atoms with Gasteiger partial charge in [0.05, 0.1) is 10.5 Å². The smallest absolute Gasteiger partial charge is 0.172 e. The monoisotopic (exact) mass is 394 g/mol. The molecule has 142 valence electrons. The summed E-state index contributed by atoms with van der Waals surface area (Å²) in [4.78, 5) is 13.0. The van der Waals surface area contributed by atoms with Gasteiger partial charge < -0.3 is 0 Å². The molecule has 0 aliphatic heterocycles. The second-order valence-corrected chi connectivity index (χ2v) is 8.05. The van der Waals surface area contributed by atoms with Gasteiger partial charge in [-0.3, -0.25) is 4.79 Å². The molecule has 4 rings (SSSR count). The van der Waals surface area contributed by atoms with Crippen molar-refractivity contribution in [2.75, 3.05) is 5.75 Å². The van der Waals surface area contributed by atoms with Crippen molar-refractivity contribution in [2.45, 2.75) is 4.75 Å². The number of rotatable bonds is 7. The van der Waals surface area contributed by atoms with Gasteiger partial charge in [0, 0.05) is 5.56 Å². The maximum absolute atomic E-state index is 13.0. The Labute approximate surface area is 176 Å². The molecular weight excluding hydrogens is 372 g/mol. The topological polar surface area (TPSA) is 17.1 Å². The summed E-state index contributed by atoms with van der Waals surface area (Å²) in [6.45, 7) is 0. The average molecular weight is 395 g/mol. The van der Waals surface area contributed by atoms with Crippen molar-refractivity contribution in [3.8, 4) is 0 Å². The SMILES string of the molecule is O=C(CSC(c1ccccc1)(c1ccccc1)c1ccccc1)c1ccccc1. The van der Waals surface area contributed by atoms with Crippen LogP contribution in [0.1, 0.15) is 27.0 Å². The van der Waals surface area contributed by atoms with E-state index in [0.717, 1.165) is 5.56 Å². The van der Waals surface area contributed by atoms with Crippen LogP contribution in [-0.2, 0) is 4.75 Å². The van der Waals surface area contributed by atoms with Crippen LogP contribution in [0.15, 0.2) is 121 Å². The fourth-order valence-corrected chi connectivity index (χ4v) is 5.07. The lowest BCUT2D eigenvalue weighted by Crippen LogP contribution is -2.27. The van der Waals surface area contributed by atoms with Crippen molar-refractivity contribution >= 4 is 17.5 Å². The molecule has 0 saturated heterocycles. The summed E-state index contributed by atoms with van der Waals surface area (Å²) in [6.07, 6.45) is 0. The highest BCUT2D eigenvalue weighted by Gasteiger charge is 2.37. The van der Waals surface area contributed by atoms with Gasteiger partial charge in [0.1, 0.15) is 0 Å². The Hall–Kier alpha value is -3.10. The van der Waals surface area contributed by atoms with Crippen LogP contribution >= 0.6 is 11.8 Å². The van der Waals surface area contributed by atoms with Gasteiger partial charge in [-0.2, -0.15) is 0 Å². The molecular formula is C27H22OS. The molecule has 0 aromatic heterocycles. The lowest BCUT2D eigenvalue weighted by atomic mass is 9.84. The fourth-order valence-electron chi connectivity index (χ4n) is 3.65. The van der Waals surface area contributed by atoms with Crippen molar-refractivity contribution in [3.63, 3.8) is 0 Å². The van der Waals surface area contributed by atoms with Crippen LogP contribution in [0.5, 0.6) is 0 Å². The third kappa shape index (κ3) is 4.03. The van der Waals surface area contributed by atoms with Crippen LogP contribution in [0.2, 0.25) is 0 Å². The van der Waals surface area contributed by atoms with Crippen LogP contribution in [0, 0.1) is 0 Å². The van der Waals surface area contributed by atoms with E-state index in [1.807, 2.05) is 48.5 Å². The Bertz CT molecular complexity index is 948. The van der Waals surface area contributed by atoms with Crippen LogP contribution in [0.25, 0.3) is 0 Å². The molecule has 29 heavy (non-hydrogen) atoms. The third-order valence-corrected chi connectivity index (χ3v) is 6.60. The molecule has 2 heteroatoms. The van der Waals surface area contributed by atoms with Crippen LogP contribution in [-0.4, -0.2) is 11.5 Å². The first-order chi connectivity index (χ1) is 14.3. The molecule has 0 radical (unpaired) electrons. The zero-order chi connectivity index (χ0) is 19.9. The van der Waals surface area contributed by atoms with Crippen molar-refractivity contribution in [1.29, 1.82) is 0 Å². The molecule has 0 atom stereocenters.